The monoisotopic (exact) mass is 394 g/mol. The molecule has 0 atom stereocenters. The highest BCUT2D eigenvalue weighted by molar-refractivity contribution is 5.51. The van der Waals surface area contributed by atoms with Gasteiger partial charge in [-0.2, -0.15) is 0 Å². The van der Waals surface area contributed by atoms with Gasteiger partial charge in [0, 0.05) is 63.2 Å². The normalized spacial score (nSPS) is 17.1. The Labute approximate surface area is 167 Å². The summed E-state index contributed by atoms with van der Waals surface area (Å²) in [6.45, 7) is 5.02. The van der Waals surface area contributed by atoms with Crippen molar-refractivity contribution in [2.24, 2.45) is 0 Å². The zero-order valence-electron chi connectivity index (χ0n) is 16.0. The van der Waals surface area contributed by atoms with Gasteiger partial charge in [-0.05, 0) is 18.2 Å². The molecule has 1 N–H and O–H groups in total. The van der Waals surface area contributed by atoms with Crippen LogP contribution in [-0.4, -0.2) is 57.3 Å². The van der Waals surface area contributed by atoms with Crippen LogP contribution >= 0.6 is 0 Å². The molecule has 0 unspecified atom stereocenters. The fraction of sp³-hybridized carbons (Fsp3) is 0.333. The highest BCUT2D eigenvalue weighted by Crippen LogP contribution is 2.38. The molecule has 0 radical (unpaired) electrons. The predicted octanol–water partition coefficient (Wildman–Crippen LogP) is 1.45. The van der Waals surface area contributed by atoms with Gasteiger partial charge in [0.2, 0.25) is 6.79 Å². The summed E-state index contributed by atoms with van der Waals surface area (Å²) in [5.41, 5.74) is 2.25. The number of piperazine rings is 1. The van der Waals surface area contributed by atoms with Crippen LogP contribution in [0.15, 0.2) is 47.4 Å². The summed E-state index contributed by atoms with van der Waals surface area (Å²) in [7, 11) is 0. The Morgan fingerprint density at radius 2 is 1.69 bits per heavy atom. The van der Waals surface area contributed by atoms with Crippen molar-refractivity contribution in [2.75, 3.05) is 33.0 Å². The van der Waals surface area contributed by atoms with Gasteiger partial charge in [-0.1, -0.05) is 6.07 Å². The van der Waals surface area contributed by atoms with Gasteiger partial charge in [0.05, 0.1) is 5.69 Å². The highest BCUT2D eigenvalue weighted by atomic mass is 16.7. The Balaban J connectivity index is 1.22. The van der Waals surface area contributed by atoms with E-state index in [1.165, 1.54) is 0 Å². The molecule has 1 aromatic carbocycles. The summed E-state index contributed by atoms with van der Waals surface area (Å²) in [5, 5.41) is 10.3. The fourth-order valence-corrected chi connectivity index (χ4v) is 3.86. The van der Waals surface area contributed by atoms with E-state index in [0.29, 0.717) is 30.2 Å². The van der Waals surface area contributed by atoms with Crippen molar-refractivity contribution in [2.45, 2.75) is 13.1 Å². The van der Waals surface area contributed by atoms with Gasteiger partial charge in [-0.25, -0.2) is 4.98 Å². The van der Waals surface area contributed by atoms with Crippen LogP contribution in [0.1, 0.15) is 11.3 Å². The van der Waals surface area contributed by atoms with E-state index >= 15 is 0 Å². The molecule has 1 saturated heterocycles. The standard InChI is InChI=1S/C21H22N4O4/c26-17-11-19-18(28-14-29-19)9-15(17)12-23-5-7-24(8-6-23)13-16-10-21(27)25-4-2-1-3-20(25)22-16/h1-4,9-11,26H,5-8,12-14H2. The number of phenols is 1. The van der Waals surface area contributed by atoms with E-state index in [0.717, 1.165) is 37.4 Å². The van der Waals surface area contributed by atoms with E-state index < -0.39 is 0 Å². The first-order valence-corrected chi connectivity index (χ1v) is 9.69. The molecule has 29 heavy (non-hydrogen) atoms. The topological polar surface area (TPSA) is 79.5 Å². The lowest BCUT2D eigenvalue weighted by Crippen LogP contribution is -2.45. The van der Waals surface area contributed by atoms with E-state index in [2.05, 4.69) is 14.8 Å². The molecule has 0 aliphatic carbocycles. The van der Waals surface area contributed by atoms with E-state index in [4.69, 9.17) is 9.47 Å². The molecule has 2 aliphatic rings. The number of benzene rings is 1. The van der Waals surface area contributed by atoms with Crippen LogP contribution in [-0.2, 0) is 13.1 Å². The molecule has 0 amide bonds. The van der Waals surface area contributed by atoms with Crippen LogP contribution in [0.4, 0.5) is 0 Å². The van der Waals surface area contributed by atoms with Crippen molar-refractivity contribution in [3.63, 3.8) is 0 Å². The first kappa shape index (κ1) is 18.0. The molecule has 0 spiro atoms. The Kier molecular flexibility index (Phi) is 4.57. The van der Waals surface area contributed by atoms with Crippen molar-refractivity contribution >= 4 is 5.65 Å². The van der Waals surface area contributed by atoms with Crippen LogP contribution in [0.2, 0.25) is 0 Å². The third kappa shape index (κ3) is 3.64. The number of aromatic hydroxyl groups is 1. The summed E-state index contributed by atoms with van der Waals surface area (Å²) in [5.74, 6) is 1.51. The minimum Gasteiger partial charge on any atom is -0.507 e. The molecule has 5 rings (SSSR count). The molecule has 8 heteroatoms. The van der Waals surface area contributed by atoms with Crippen LogP contribution in [0.25, 0.3) is 5.65 Å². The number of pyridine rings is 1. The van der Waals surface area contributed by atoms with E-state index in [9.17, 15) is 9.90 Å². The number of fused-ring (bicyclic) bond motifs is 2. The number of aromatic nitrogens is 2. The minimum atomic E-state index is -0.0532. The van der Waals surface area contributed by atoms with Crippen molar-refractivity contribution in [1.82, 2.24) is 19.2 Å². The molecule has 2 aliphatic heterocycles. The zero-order valence-corrected chi connectivity index (χ0v) is 16.0. The van der Waals surface area contributed by atoms with Crippen LogP contribution in [0.5, 0.6) is 17.2 Å². The van der Waals surface area contributed by atoms with Gasteiger partial charge in [-0.3, -0.25) is 19.0 Å². The zero-order chi connectivity index (χ0) is 19.8. The van der Waals surface area contributed by atoms with Gasteiger partial charge in [0.1, 0.15) is 11.4 Å². The predicted molar refractivity (Wildman–Crippen MR) is 106 cm³/mol. The summed E-state index contributed by atoms with van der Waals surface area (Å²) in [6.07, 6.45) is 1.73. The van der Waals surface area contributed by atoms with Crippen molar-refractivity contribution in [1.29, 1.82) is 0 Å². The summed E-state index contributed by atoms with van der Waals surface area (Å²) >= 11 is 0. The minimum absolute atomic E-state index is 0.0532. The largest absolute Gasteiger partial charge is 0.507 e. The van der Waals surface area contributed by atoms with Gasteiger partial charge >= 0.3 is 0 Å². The quantitative estimate of drug-likeness (QED) is 0.717. The smallest absolute Gasteiger partial charge is 0.258 e. The second-order valence-corrected chi connectivity index (χ2v) is 7.40. The number of rotatable bonds is 4. The molecule has 0 bridgehead atoms. The van der Waals surface area contributed by atoms with Gasteiger partial charge < -0.3 is 14.6 Å². The van der Waals surface area contributed by atoms with Crippen molar-refractivity contribution < 1.29 is 14.6 Å². The van der Waals surface area contributed by atoms with Crippen molar-refractivity contribution in [3.05, 3.63) is 64.2 Å². The average molecular weight is 394 g/mol. The molecule has 8 nitrogen and oxygen atoms in total. The highest BCUT2D eigenvalue weighted by Gasteiger charge is 2.21. The fourth-order valence-electron chi connectivity index (χ4n) is 3.86. The number of ether oxygens (including phenoxy) is 2. The van der Waals surface area contributed by atoms with Crippen molar-refractivity contribution in [3.8, 4) is 17.2 Å². The Bertz CT molecular complexity index is 1110. The maximum atomic E-state index is 12.3. The van der Waals surface area contributed by atoms with E-state index in [-0.39, 0.29) is 18.1 Å². The van der Waals surface area contributed by atoms with Crippen LogP contribution in [0.3, 0.4) is 0 Å². The first-order valence-electron chi connectivity index (χ1n) is 9.69. The maximum absolute atomic E-state index is 12.3. The maximum Gasteiger partial charge on any atom is 0.258 e. The molecule has 2 aromatic heterocycles. The molecule has 1 fully saturated rings. The summed E-state index contributed by atoms with van der Waals surface area (Å²) in [4.78, 5) is 21.5. The molecule has 3 aromatic rings. The third-order valence-corrected chi connectivity index (χ3v) is 5.44. The SMILES string of the molecule is O=c1cc(CN2CCN(Cc3cc4c(cc3O)OCO4)CC2)nc2ccccn12. The van der Waals surface area contributed by atoms with E-state index in [1.807, 2.05) is 24.3 Å². The second kappa shape index (κ2) is 7.38. The number of phenolic OH excluding ortho intramolecular Hbond substituents is 1. The Hall–Kier alpha value is -3.10. The lowest BCUT2D eigenvalue weighted by molar-refractivity contribution is 0.120. The second-order valence-electron chi connectivity index (χ2n) is 7.40. The molecular formula is C21H22N4O4. The Morgan fingerprint density at radius 1 is 0.966 bits per heavy atom. The number of hydrogen-bond donors (Lipinski definition) is 1. The lowest BCUT2D eigenvalue weighted by atomic mass is 10.1. The number of hydrogen-bond acceptors (Lipinski definition) is 7. The molecule has 150 valence electrons. The van der Waals surface area contributed by atoms with Crippen LogP contribution in [0, 0.1) is 0 Å². The van der Waals surface area contributed by atoms with Gasteiger partial charge in [0.15, 0.2) is 11.5 Å². The van der Waals surface area contributed by atoms with Gasteiger partial charge in [-0.15, -0.1) is 0 Å². The first-order chi connectivity index (χ1) is 14.2. The van der Waals surface area contributed by atoms with E-state index in [1.54, 1.807) is 22.7 Å². The average Bonchev–Trinajstić information content (AvgIpc) is 3.17. The Morgan fingerprint density at radius 3 is 2.48 bits per heavy atom. The summed E-state index contributed by atoms with van der Waals surface area (Å²) in [6, 6.07) is 10.7. The third-order valence-electron chi connectivity index (χ3n) is 5.44. The van der Waals surface area contributed by atoms with Crippen LogP contribution < -0.4 is 15.0 Å². The van der Waals surface area contributed by atoms with Gasteiger partial charge in [0.25, 0.3) is 5.56 Å². The summed E-state index contributed by atoms with van der Waals surface area (Å²) < 4.78 is 12.3. The molecular weight excluding hydrogens is 372 g/mol. The molecule has 0 saturated carbocycles. The molecule has 4 heterocycles. The lowest BCUT2D eigenvalue weighted by Gasteiger charge is -2.34. The number of nitrogens with zero attached hydrogens (tertiary/aromatic N) is 4.